The van der Waals surface area contributed by atoms with Gasteiger partial charge >= 0.3 is 0 Å². The van der Waals surface area contributed by atoms with E-state index in [1.165, 1.54) is 61.2 Å². The van der Waals surface area contributed by atoms with Gasteiger partial charge in [-0.25, -0.2) is 5.26 Å². The van der Waals surface area contributed by atoms with Gasteiger partial charge in [-0.3, -0.25) is 0 Å². The number of rotatable bonds is 1. The number of fused-ring (bicyclic) bond motifs is 6. The molecule has 0 saturated carbocycles. The van der Waals surface area contributed by atoms with E-state index in [0.29, 0.717) is 0 Å². The Labute approximate surface area is 209 Å². The van der Waals surface area contributed by atoms with Gasteiger partial charge in [-0.2, -0.15) is 0 Å². The lowest BCUT2D eigenvalue weighted by atomic mass is 10.0. The Morgan fingerprint density at radius 1 is 0.514 bits per heavy atom. The van der Waals surface area contributed by atoms with Crippen LogP contribution in [0.15, 0.2) is 84.9 Å². The second kappa shape index (κ2) is 13.6. The first kappa shape index (κ1) is 27.2. The van der Waals surface area contributed by atoms with Crippen molar-refractivity contribution in [1.29, 1.82) is 5.26 Å². The molecule has 0 spiro atoms. The molecule has 0 bridgehead atoms. The lowest BCUT2D eigenvalue weighted by Crippen LogP contribution is -1.78. The maximum absolute atomic E-state index is 6.50. The third-order valence-electron chi connectivity index (χ3n) is 5.35. The van der Waals surface area contributed by atoms with Gasteiger partial charge in [0.05, 0.1) is 0 Å². The summed E-state index contributed by atoms with van der Waals surface area (Å²) in [4.78, 5) is 7.00. The minimum absolute atomic E-state index is 1.18. The molecule has 4 aromatic carbocycles. The molecule has 0 aliphatic heterocycles. The van der Waals surface area contributed by atoms with Gasteiger partial charge in [0.15, 0.2) is 0 Å². The average Bonchev–Trinajstić information content (AvgIpc) is 3.50. The lowest BCUT2D eigenvalue weighted by Gasteiger charge is -2.03. The van der Waals surface area contributed by atoms with E-state index in [1.807, 2.05) is 27.7 Å². The first-order chi connectivity index (χ1) is 17.3. The average molecular weight is 464 g/mol. The van der Waals surface area contributed by atoms with Crippen LogP contribution in [0, 0.1) is 11.8 Å². The van der Waals surface area contributed by atoms with E-state index in [4.69, 9.17) is 5.26 Å². The van der Waals surface area contributed by atoms with Gasteiger partial charge in [0.2, 0.25) is 0 Å². The van der Waals surface area contributed by atoms with Crippen LogP contribution < -0.4 is 0 Å². The van der Waals surface area contributed by atoms with E-state index in [9.17, 15) is 0 Å². The molecule has 0 fully saturated rings. The number of benzene rings is 4. The number of para-hydroxylation sites is 2. The number of nitrogens with zero attached hydrogens (tertiary/aromatic N) is 1. The van der Waals surface area contributed by atoms with Gasteiger partial charge in [0.25, 0.3) is 0 Å². The second-order valence-electron chi connectivity index (χ2n) is 7.57. The zero-order valence-corrected chi connectivity index (χ0v) is 21.8. The summed E-state index contributed by atoms with van der Waals surface area (Å²) in [6.45, 7) is 15.8. The molecule has 180 valence electrons. The van der Waals surface area contributed by atoms with Crippen LogP contribution >= 0.6 is 0 Å². The van der Waals surface area contributed by atoms with Crippen LogP contribution in [0.25, 0.3) is 54.7 Å². The smallest absolute Gasteiger partial charge is 0.0465 e. The fourth-order valence-corrected chi connectivity index (χ4v) is 4.06. The maximum Gasteiger partial charge on any atom is 0.0465 e. The Hall–Kier alpha value is -4.03. The predicted octanol–water partition coefficient (Wildman–Crippen LogP) is 10.2. The summed E-state index contributed by atoms with van der Waals surface area (Å²) in [5.41, 5.74) is 7.23. The monoisotopic (exact) mass is 463 g/mol. The van der Waals surface area contributed by atoms with Gasteiger partial charge in [-0.15, -0.1) is 0 Å². The van der Waals surface area contributed by atoms with E-state index in [-0.39, 0.29) is 0 Å². The lowest BCUT2D eigenvalue weighted by molar-refractivity contribution is 1.09. The second-order valence-corrected chi connectivity index (χ2v) is 7.57. The Balaban J connectivity index is 0.000000432. The molecule has 0 atom stereocenters. The van der Waals surface area contributed by atoms with E-state index in [0.717, 1.165) is 0 Å². The number of H-pyrrole nitrogens is 2. The minimum Gasteiger partial charge on any atom is -0.355 e. The van der Waals surface area contributed by atoms with Gasteiger partial charge in [0, 0.05) is 50.2 Å². The summed E-state index contributed by atoms with van der Waals surface area (Å²) in [5.74, 6) is 0. The third-order valence-corrected chi connectivity index (χ3v) is 5.35. The summed E-state index contributed by atoms with van der Waals surface area (Å²) < 4.78 is 0. The zero-order chi connectivity index (χ0) is 25.8. The first-order valence-corrected chi connectivity index (χ1v) is 12.6. The van der Waals surface area contributed by atoms with Crippen LogP contribution in [-0.2, 0) is 0 Å². The van der Waals surface area contributed by atoms with Gasteiger partial charge in [-0.1, -0.05) is 96.5 Å². The molecule has 0 aliphatic carbocycles. The van der Waals surface area contributed by atoms with Gasteiger partial charge in [-0.05, 0) is 47.5 Å². The molecule has 6 rings (SSSR count). The Morgan fingerprint density at radius 3 is 1.20 bits per heavy atom. The fraction of sp³-hybridized carbons (Fsp3) is 0.219. The normalized spacial score (nSPS) is 9.71. The molecule has 35 heavy (non-hydrogen) atoms. The van der Waals surface area contributed by atoms with Crippen molar-refractivity contribution in [1.82, 2.24) is 9.97 Å². The van der Waals surface area contributed by atoms with Crippen molar-refractivity contribution in [2.45, 2.75) is 48.0 Å². The van der Waals surface area contributed by atoms with Crippen molar-refractivity contribution in [3.63, 3.8) is 0 Å². The molecule has 2 aromatic heterocycles. The Kier molecular flexibility index (Phi) is 10.6. The van der Waals surface area contributed by atoms with E-state index in [1.54, 1.807) is 0 Å². The SMILES string of the molecule is C#N.CC.CC.CCC.c1ccc2c(c1)[nH]c1ccc(-c3ccc4[nH]c5ccccc5c4c3)cc12. The van der Waals surface area contributed by atoms with Crippen LogP contribution in [0.5, 0.6) is 0 Å². The van der Waals surface area contributed by atoms with E-state index < -0.39 is 0 Å². The van der Waals surface area contributed by atoms with Crippen LogP contribution in [-0.4, -0.2) is 9.97 Å². The fourth-order valence-electron chi connectivity index (χ4n) is 4.06. The Morgan fingerprint density at radius 2 is 0.829 bits per heavy atom. The van der Waals surface area contributed by atoms with Gasteiger partial charge < -0.3 is 9.97 Å². The molecule has 3 nitrogen and oxygen atoms in total. The molecule has 0 unspecified atom stereocenters. The molecule has 0 saturated heterocycles. The molecule has 2 N–H and O–H groups in total. The van der Waals surface area contributed by atoms with Crippen molar-refractivity contribution in [2.75, 3.05) is 0 Å². The maximum atomic E-state index is 6.50. The molecular formula is C32H37N3. The zero-order valence-electron chi connectivity index (χ0n) is 21.8. The van der Waals surface area contributed by atoms with E-state index >= 15 is 0 Å². The first-order valence-electron chi connectivity index (χ1n) is 12.6. The molecule has 0 aliphatic rings. The number of hydrogen-bond donors (Lipinski definition) is 2. The molecule has 0 amide bonds. The van der Waals surface area contributed by atoms with Crippen LogP contribution in [0.4, 0.5) is 0 Å². The summed E-state index contributed by atoms with van der Waals surface area (Å²) in [6.07, 6.45) is 1.25. The summed E-state index contributed by atoms with van der Waals surface area (Å²) in [7, 11) is 0. The third kappa shape index (κ3) is 5.73. The number of nitriles is 1. The molecule has 0 radical (unpaired) electrons. The summed E-state index contributed by atoms with van der Waals surface area (Å²) >= 11 is 0. The highest BCUT2D eigenvalue weighted by atomic mass is 14.7. The standard InChI is InChI=1S/C24H16N2.C3H8.2C2H6.CHN/c1-3-7-21-17(5-1)19-13-15(9-11-23(19)25-21)16-10-12-24-20(14-16)18-6-2-4-8-22(18)26-24;1-3-2;3*1-2/h1-14,25-26H;3H2,1-2H3;2*1-2H3;1H. The van der Waals surface area contributed by atoms with Gasteiger partial charge in [0.1, 0.15) is 0 Å². The van der Waals surface area contributed by atoms with Crippen molar-refractivity contribution >= 4 is 43.6 Å². The quantitative estimate of drug-likeness (QED) is 0.250. The molecular weight excluding hydrogens is 426 g/mol. The van der Waals surface area contributed by atoms with Crippen LogP contribution in [0.3, 0.4) is 0 Å². The van der Waals surface area contributed by atoms with Crippen molar-refractivity contribution in [2.24, 2.45) is 0 Å². The van der Waals surface area contributed by atoms with Crippen molar-refractivity contribution < 1.29 is 0 Å². The summed E-state index contributed by atoms with van der Waals surface area (Å²) in [6, 6.07) is 30.3. The highest BCUT2D eigenvalue weighted by Gasteiger charge is 2.08. The molecule has 6 aromatic rings. The topological polar surface area (TPSA) is 55.4 Å². The largest absolute Gasteiger partial charge is 0.355 e. The number of hydrogen-bond acceptors (Lipinski definition) is 1. The number of aromatic amines is 2. The predicted molar refractivity (Wildman–Crippen MR) is 156 cm³/mol. The van der Waals surface area contributed by atoms with Crippen LogP contribution in [0.2, 0.25) is 0 Å². The summed E-state index contributed by atoms with van der Waals surface area (Å²) in [5, 5.41) is 11.6. The number of aromatic nitrogens is 2. The highest BCUT2D eigenvalue weighted by Crippen LogP contribution is 2.33. The van der Waals surface area contributed by atoms with Crippen molar-refractivity contribution in [3.05, 3.63) is 84.9 Å². The van der Waals surface area contributed by atoms with E-state index in [2.05, 4.69) is 115 Å². The highest BCUT2D eigenvalue weighted by molar-refractivity contribution is 6.10. The Bertz CT molecular complexity index is 1390. The van der Waals surface area contributed by atoms with Crippen molar-refractivity contribution in [3.8, 4) is 17.7 Å². The molecule has 3 heteroatoms. The number of nitrogens with one attached hydrogen (secondary N) is 2. The minimum atomic E-state index is 1.18. The molecule has 2 heterocycles. The van der Waals surface area contributed by atoms with Crippen LogP contribution in [0.1, 0.15) is 48.0 Å².